The number of benzene rings is 5. The summed E-state index contributed by atoms with van der Waals surface area (Å²) in [6.07, 6.45) is 2.24. The Bertz CT molecular complexity index is 2200. The Kier molecular flexibility index (Phi) is 5.21. The zero-order valence-corrected chi connectivity index (χ0v) is 23.3. The first-order chi connectivity index (χ1) is 20.8. The lowest BCUT2D eigenvalue weighted by Gasteiger charge is -2.40. The first-order valence-electron chi connectivity index (χ1n) is 14.9. The number of hydrogen-bond donors (Lipinski definition) is 0. The van der Waals surface area contributed by atoms with Crippen molar-refractivity contribution < 1.29 is 0 Å². The molecule has 0 unspecified atom stereocenters. The van der Waals surface area contributed by atoms with Crippen molar-refractivity contribution in [1.82, 2.24) is 14.9 Å². The van der Waals surface area contributed by atoms with Crippen LogP contribution in [0.15, 0.2) is 108 Å². The Morgan fingerprint density at radius 2 is 1.14 bits per heavy atom. The van der Waals surface area contributed by atoms with E-state index in [0.29, 0.717) is 0 Å². The Morgan fingerprint density at radius 3 is 1.90 bits per heavy atom. The molecule has 1 fully saturated rings. The van der Waals surface area contributed by atoms with Gasteiger partial charge in [0.25, 0.3) is 0 Å². The number of aliphatic imine (C=N–C) groups is 1. The van der Waals surface area contributed by atoms with E-state index in [0.717, 1.165) is 83.9 Å². The summed E-state index contributed by atoms with van der Waals surface area (Å²) in [6.45, 7) is 3.98. The Hall–Kier alpha value is -5.03. The molecule has 0 amide bonds. The van der Waals surface area contributed by atoms with Gasteiger partial charge in [0.1, 0.15) is 5.82 Å². The van der Waals surface area contributed by atoms with Crippen molar-refractivity contribution in [1.29, 1.82) is 0 Å². The van der Waals surface area contributed by atoms with Crippen LogP contribution in [-0.2, 0) is 0 Å². The summed E-state index contributed by atoms with van der Waals surface area (Å²) in [5, 5.41) is 9.86. The van der Waals surface area contributed by atoms with Crippen molar-refractivity contribution in [3.63, 3.8) is 0 Å². The van der Waals surface area contributed by atoms with Gasteiger partial charge >= 0.3 is 0 Å². The third-order valence-electron chi connectivity index (χ3n) is 8.99. The van der Waals surface area contributed by atoms with E-state index >= 15 is 0 Å². The van der Waals surface area contributed by atoms with E-state index in [4.69, 9.17) is 15.0 Å². The average molecular weight is 544 g/mol. The van der Waals surface area contributed by atoms with E-state index < -0.39 is 0 Å². The lowest BCUT2D eigenvalue weighted by Crippen LogP contribution is -2.52. The molecular weight excluding hydrogens is 514 g/mol. The summed E-state index contributed by atoms with van der Waals surface area (Å²) in [6, 6.07) is 37.2. The molecule has 0 aliphatic carbocycles. The molecule has 202 valence electrons. The van der Waals surface area contributed by atoms with Gasteiger partial charge < -0.3 is 4.90 Å². The number of aromatic nitrogens is 2. The molecule has 2 aliphatic heterocycles. The molecule has 0 spiro atoms. The van der Waals surface area contributed by atoms with Crippen LogP contribution in [0.4, 0.5) is 5.82 Å². The lowest BCUT2D eigenvalue weighted by molar-refractivity contribution is 0.359. The van der Waals surface area contributed by atoms with Gasteiger partial charge in [-0.15, -0.1) is 0 Å². The van der Waals surface area contributed by atoms with Crippen LogP contribution in [0.1, 0.15) is 12.8 Å². The zero-order chi connectivity index (χ0) is 27.6. The predicted molar refractivity (Wildman–Crippen MR) is 175 cm³/mol. The highest BCUT2D eigenvalue weighted by atomic mass is 15.4. The molecular formula is C37H29N5. The highest BCUT2D eigenvalue weighted by Crippen LogP contribution is 2.37. The second-order valence-corrected chi connectivity index (χ2v) is 11.5. The Balaban J connectivity index is 1.22. The Morgan fingerprint density at radius 1 is 0.524 bits per heavy atom. The maximum Gasteiger partial charge on any atom is 0.202 e. The molecule has 0 radical (unpaired) electrons. The van der Waals surface area contributed by atoms with Gasteiger partial charge in [-0.25, -0.2) is 9.97 Å². The SMILES string of the molecule is c1ccc2c(c1)c1ccccc1c1cc(-c3ccc4ccc5ccc(N6CCCN7CCCN=C76)nc5c4n3)ccc21. The average Bonchev–Trinajstić information content (AvgIpc) is 3.07. The number of rotatable bonds is 2. The first-order valence-corrected chi connectivity index (χ1v) is 14.9. The van der Waals surface area contributed by atoms with E-state index in [-0.39, 0.29) is 0 Å². The smallest absolute Gasteiger partial charge is 0.202 e. The normalized spacial score (nSPS) is 15.6. The minimum Gasteiger partial charge on any atom is -0.342 e. The maximum atomic E-state index is 5.27. The fraction of sp³-hybridized carbons (Fsp3) is 0.162. The highest BCUT2D eigenvalue weighted by molar-refractivity contribution is 6.25. The van der Waals surface area contributed by atoms with Crippen molar-refractivity contribution >= 4 is 65.9 Å². The van der Waals surface area contributed by atoms with Crippen molar-refractivity contribution in [2.45, 2.75) is 12.8 Å². The number of nitrogens with zero attached hydrogens (tertiary/aromatic N) is 5. The van der Waals surface area contributed by atoms with E-state index in [1.807, 2.05) is 0 Å². The summed E-state index contributed by atoms with van der Waals surface area (Å²) in [4.78, 5) is 20.1. The molecule has 0 bridgehead atoms. The molecule has 0 N–H and O–H groups in total. The minimum absolute atomic E-state index is 0.889. The van der Waals surface area contributed by atoms with E-state index in [1.165, 1.54) is 32.3 Å². The van der Waals surface area contributed by atoms with Crippen molar-refractivity contribution in [3.8, 4) is 11.3 Å². The largest absolute Gasteiger partial charge is 0.342 e. The third-order valence-corrected chi connectivity index (χ3v) is 8.99. The third kappa shape index (κ3) is 3.59. The predicted octanol–water partition coefficient (Wildman–Crippen LogP) is 8.18. The highest BCUT2D eigenvalue weighted by Gasteiger charge is 2.27. The molecule has 9 rings (SSSR count). The van der Waals surface area contributed by atoms with Crippen LogP contribution < -0.4 is 4.90 Å². The summed E-state index contributed by atoms with van der Waals surface area (Å²) < 4.78 is 0. The fourth-order valence-corrected chi connectivity index (χ4v) is 6.98. The topological polar surface area (TPSA) is 44.6 Å². The first kappa shape index (κ1) is 23.7. The van der Waals surface area contributed by atoms with Crippen LogP contribution >= 0.6 is 0 Å². The van der Waals surface area contributed by atoms with Gasteiger partial charge in [-0.2, -0.15) is 0 Å². The number of pyridine rings is 2. The van der Waals surface area contributed by atoms with Crippen molar-refractivity contribution in [3.05, 3.63) is 103 Å². The molecule has 2 aliphatic rings. The monoisotopic (exact) mass is 543 g/mol. The number of guanidine groups is 1. The molecule has 0 atom stereocenters. The van der Waals surface area contributed by atoms with Crippen LogP contribution in [0.2, 0.25) is 0 Å². The van der Waals surface area contributed by atoms with Crippen LogP contribution in [0.25, 0.3) is 65.4 Å². The van der Waals surface area contributed by atoms with Gasteiger partial charge in [-0.1, -0.05) is 78.9 Å². The number of hydrogen-bond acceptors (Lipinski definition) is 5. The van der Waals surface area contributed by atoms with Crippen LogP contribution in [0.3, 0.4) is 0 Å². The lowest BCUT2D eigenvalue weighted by atomic mass is 9.93. The molecule has 2 aromatic heterocycles. The molecule has 7 aromatic rings. The summed E-state index contributed by atoms with van der Waals surface area (Å²) >= 11 is 0. The van der Waals surface area contributed by atoms with Crippen molar-refractivity contribution in [2.75, 3.05) is 31.1 Å². The molecule has 4 heterocycles. The molecule has 42 heavy (non-hydrogen) atoms. The number of anilines is 1. The van der Waals surface area contributed by atoms with E-state index in [2.05, 4.69) is 113 Å². The van der Waals surface area contributed by atoms with Gasteiger partial charge in [0, 0.05) is 42.5 Å². The summed E-state index contributed by atoms with van der Waals surface area (Å²) in [7, 11) is 0. The minimum atomic E-state index is 0.889. The molecule has 0 saturated carbocycles. The standard InChI is InChI=1S/C37H29N5/c1-2-9-29-27(7-1)28-8-3-4-10-30(28)32-23-26(13-16-31(29)32)33-17-14-24-11-12-25-15-18-34(40-36(25)35(24)39-33)42-22-6-21-41-20-5-19-38-37(41)42/h1-4,7-18,23H,5-6,19-22H2. The second-order valence-electron chi connectivity index (χ2n) is 11.5. The van der Waals surface area contributed by atoms with Crippen LogP contribution in [-0.4, -0.2) is 47.0 Å². The van der Waals surface area contributed by atoms with Gasteiger partial charge in [0.15, 0.2) is 0 Å². The van der Waals surface area contributed by atoms with Gasteiger partial charge in [-0.05, 0) is 69.4 Å². The zero-order valence-electron chi connectivity index (χ0n) is 23.3. The second kappa shape index (κ2) is 9.25. The van der Waals surface area contributed by atoms with E-state index in [9.17, 15) is 0 Å². The maximum absolute atomic E-state index is 5.27. The summed E-state index contributed by atoms with van der Waals surface area (Å²) in [5.41, 5.74) is 3.95. The molecule has 5 nitrogen and oxygen atoms in total. The van der Waals surface area contributed by atoms with Gasteiger partial charge in [0.05, 0.1) is 16.7 Å². The Labute approximate surface area is 243 Å². The van der Waals surface area contributed by atoms with Crippen LogP contribution in [0, 0.1) is 0 Å². The van der Waals surface area contributed by atoms with Crippen molar-refractivity contribution in [2.24, 2.45) is 4.99 Å². The molecule has 1 saturated heterocycles. The quantitative estimate of drug-likeness (QED) is 0.206. The van der Waals surface area contributed by atoms with Gasteiger partial charge in [-0.3, -0.25) is 9.89 Å². The fourth-order valence-electron chi connectivity index (χ4n) is 6.98. The van der Waals surface area contributed by atoms with E-state index in [1.54, 1.807) is 0 Å². The summed E-state index contributed by atoms with van der Waals surface area (Å²) in [5.74, 6) is 2.03. The molecule has 5 aromatic carbocycles. The van der Waals surface area contributed by atoms with Gasteiger partial charge in [0.2, 0.25) is 5.96 Å². The van der Waals surface area contributed by atoms with Crippen LogP contribution in [0.5, 0.6) is 0 Å². The molecule has 5 heteroatoms. The number of fused-ring (bicyclic) bond motifs is 10.